The van der Waals surface area contributed by atoms with Gasteiger partial charge >= 0.3 is 0 Å². The Morgan fingerprint density at radius 3 is 2.64 bits per heavy atom. The standard InChI is InChI=1S/C16H19BrN4S/c17-14-6-2-1-5-12(14)11-22-16-19-18-15(20-9-3-4-10-20)21(16)13-7-8-13/h1-2,5-6,13H,3-4,7-11H2. The molecule has 2 fully saturated rings. The average molecular weight is 379 g/mol. The first-order chi connectivity index (χ1) is 10.8. The molecule has 0 unspecified atom stereocenters. The first-order valence-corrected chi connectivity index (χ1v) is 9.67. The SMILES string of the molecule is Brc1ccccc1CSc1nnc(N2CCCC2)n1C1CC1. The maximum Gasteiger partial charge on any atom is 0.228 e. The van der Waals surface area contributed by atoms with Crippen LogP contribution in [0.1, 0.15) is 37.3 Å². The Bertz CT molecular complexity index is 662. The van der Waals surface area contributed by atoms with E-state index >= 15 is 0 Å². The number of thioether (sulfide) groups is 1. The Kier molecular flexibility index (Phi) is 4.13. The monoisotopic (exact) mass is 378 g/mol. The summed E-state index contributed by atoms with van der Waals surface area (Å²) in [7, 11) is 0. The second-order valence-electron chi connectivity index (χ2n) is 5.96. The zero-order chi connectivity index (χ0) is 14.9. The van der Waals surface area contributed by atoms with Gasteiger partial charge in [0.05, 0.1) is 0 Å². The van der Waals surface area contributed by atoms with E-state index in [1.165, 1.54) is 35.7 Å². The molecule has 1 aromatic heterocycles. The van der Waals surface area contributed by atoms with Crippen LogP contribution < -0.4 is 4.90 Å². The number of benzene rings is 1. The molecule has 22 heavy (non-hydrogen) atoms. The van der Waals surface area contributed by atoms with Gasteiger partial charge in [0.1, 0.15) is 0 Å². The van der Waals surface area contributed by atoms with Gasteiger partial charge in [0.2, 0.25) is 5.95 Å². The number of anilines is 1. The minimum absolute atomic E-state index is 0.618. The molecule has 1 aromatic carbocycles. The van der Waals surface area contributed by atoms with Gasteiger partial charge in [-0.1, -0.05) is 45.9 Å². The van der Waals surface area contributed by atoms with Crippen molar-refractivity contribution in [2.75, 3.05) is 18.0 Å². The van der Waals surface area contributed by atoms with E-state index in [0.29, 0.717) is 6.04 Å². The number of nitrogens with zero attached hydrogens (tertiary/aromatic N) is 4. The molecule has 1 aliphatic carbocycles. The summed E-state index contributed by atoms with van der Waals surface area (Å²) in [5, 5.41) is 10.1. The molecule has 116 valence electrons. The Labute approximate surface area is 143 Å². The molecular formula is C16H19BrN4S. The van der Waals surface area contributed by atoms with Crippen LogP contribution in [0.25, 0.3) is 0 Å². The van der Waals surface area contributed by atoms with Crippen molar-refractivity contribution in [3.63, 3.8) is 0 Å². The Morgan fingerprint density at radius 1 is 1.14 bits per heavy atom. The summed E-state index contributed by atoms with van der Waals surface area (Å²) in [5.41, 5.74) is 1.31. The zero-order valence-corrected chi connectivity index (χ0v) is 14.8. The Hall–Kier alpha value is -1.01. The van der Waals surface area contributed by atoms with Crippen LogP contribution in [0.15, 0.2) is 33.9 Å². The van der Waals surface area contributed by atoms with Gasteiger partial charge in [-0.25, -0.2) is 0 Å². The smallest absolute Gasteiger partial charge is 0.228 e. The van der Waals surface area contributed by atoms with Crippen molar-refractivity contribution < 1.29 is 0 Å². The third-order valence-electron chi connectivity index (χ3n) is 4.26. The normalized spacial score (nSPS) is 18.1. The van der Waals surface area contributed by atoms with Crippen LogP contribution in [0.5, 0.6) is 0 Å². The molecule has 2 aliphatic rings. The van der Waals surface area contributed by atoms with Crippen LogP contribution in [-0.2, 0) is 5.75 Å². The molecule has 1 aliphatic heterocycles. The van der Waals surface area contributed by atoms with Crippen LogP contribution in [-0.4, -0.2) is 27.9 Å². The first-order valence-electron chi connectivity index (χ1n) is 7.89. The van der Waals surface area contributed by atoms with Gasteiger partial charge in [0.25, 0.3) is 0 Å². The van der Waals surface area contributed by atoms with E-state index in [1.54, 1.807) is 11.8 Å². The highest BCUT2D eigenvalue weighted by atomic mass is 79.9. The van der Waals surface area contributed by atoms with Gasteiger partial charge in [-0.3, -0.25) is 4.57 Å². The fraction of sp³-hybridized carbons (Fsp3) is 0.500. The largest absolute Gasteiger partial charge is 0.341 e. The molecule has 0 N–H and O–H groups in total. The topological polar surface area (TPSA) is 34.0 Å². The van der Waals surface area contributed by atoms with Crippen molar-refractivity contribution in [2.45, 2.75) is 42.6 Å². The first kappa shape index (κ1) is 14.6. The fourth-order valence-corrected chi connectivity index (χ4v) is 4.53. The number of hydrogen-bond donors (Lipinski definition) is 0. The summed E-state index contributed by atoms with van der Waals surface area (Å²) < 4.78 is 3.55. The third-order valence-corrected chi connectivity index (χ3v) is 6.03. The van der Waals surface area contributed by atoms with Crippen molar-refractivity contribution in [3.05, 3.63) is 34.3 Å². The van der Waals surface area contributed by atoms with Gasteiger partial charge in [0, 0.05) is 29.4 Å². The van der Waals surface area contributed by atoms with Gasteiger partial charge in [-0.15, -0.1) is 10.2 Å². The highest BCUT2D eigenvalue weighted by molar-refractivity contribution is 9.10. The Morgan fingerprint density at radius 2 is 1.91 bits per heavy atom. The van der Waals surface area contributed by atoms with Crippen molar-refractivity contribution in [2.24, 2.45) is 0 Å². The van der Waals surface area contributed by atoms with E-state index in [9.17, 15) is 0 Å². The molecular weight excluding hydrogens is 360 g/mol. The highest BCUT2D eigenvalue weighted by Crippen LogP contribution is 2.42. The summed E-state index contributed by atoms with van der Waals surface area (Å²) in [4.78, 5) is 2.40. The predicted molar refractivity (Wildman–Crippen MR) is 93.4 cm³/mol. The molecule has 0 amide bonds. The summed E-state index contributed by atoms with van der Waals surface area (Å²) in [6.45, 7) is 2.25. The van der Waals surface area contributed by atoms with Crippen LogP contribution in [0.2, 0.25) is 0 Å². The highest BCUT2D eigenvalue weighted by Gasteiger charge is 2.32. The number of hydrogen-bond acceptors (Lipinski definition) is 4. The second-order valence-corrected chi connectivity index (χ2v) is 7.75. The Balaban J connectivity index is 1.55. The molecule has 0 spiro atoms. The van der Waals surface area contributed by atoms with Gasteiger partial charge in [-0.05, 0) is 37.3 Å². The lowest BCUT2D eigenvalue weighted by Crippen LogP contribution is -2.22. The summed E-state index contributed by atoms with van der Waals surface area (Å²) in [5.74, 6) is 2.02. The van der Waals surface area contributed by atoms with Gasteiger partial charge in [0.15, 0.2) is 5.16 Å². The van der Waals surface area contributed by atoms with Crippen LogP contribution in [0.4, 0.5) is 5.95 Å². The van der Waals surface area contributed by atoms with E-state index in [2.05, 4.69) is 59.9 Å². The van der Waals surface area contributed by atoms with E-state index in [1.807, 2.05) is 0 Å². The fourth-order valence-electron chi connectivity index (χ4n) is 2.91. The number of rotatable bonds is 5. The van der Waals surface area contributed by atoms with Crippen molar-refractivity contribution in [1.29, 1.82) is 0 Å². The zero-order valence-electron chi connectivity index (χ0n) is 12.4. The molecule has 4 rings (SSSR count). The minimum Gasteiger partial charge on any atom is -0.341 e. The maximum atomic E-state index is 4.50. The minimum atomic E-state index is 0.618. The van der Waals surface area contributed by atoms with E-state index in [4.69, 9.17) is 0 Å². The molecule has 1 saturated carbocycles. The predicted octanol–water partition coefficient (Wildman–Crippen LogP) is 4.27. The van der Waals surface area contributed by atoms with Crippen LogP contribution >= 0.6 is 27.7 Å². The van der Waals surface area contributed by atoms with Crippen LogP contribution in [0, 0.1) is 0 Å². The van der Waals surface area contributed by atoms with E-state index in [0.717, 1.165) is 29.9 Å². The summed E-state index contributed by atoms with van der Waals surface area (Å²) in [6.07, 6.45) is 5.08. The van der Waals surface area contributed by atoms with Gasteiger partial charge < -0.3 is 4.90 Å². The van der Waals surface area contributed by atoms with Crippen molar-refractivity contribution in [1.82, 2.24) is 14.8 Å². The van der Waals surface area contributed by atoms with Crippen molar-refractivity contribution in [3.8, 4) is 0 Å². The summed E-state index contributed by atoms with van der Waals surface area (Å²) >= 11 is 5.42. The third kappa shape index (κ3) is 2.91. The molecule has 0 radical (unpaired) electrons. The molecule has 2 aromatic rings. The van der Waals surface area contributed by atoms with Gasteiger partial charge in [-0.2, -0.15) is 0 Å². The van der Waals surface area contributed by atoms with E-state index < -0.39 is 0 Å². The lowest BCUT2D eigenvalue weighted by Gasteiger charge is -2.18. The molecule has 6 heteroatoms. The second kappa shape index (κ2) is 6.24. The van der Waals surface area contributed by atoms with Crippen LogP contribution in [0.3, 0.4) is 0 Å². The summed E-state index contributed by atoms with van der Waals surface area (Å²) in [6, 6.07) is 9.01. The quantitative estimate of drug-likeness (QED) is 0.727. The maximum absolute atomic E-state index is 4.50. The van der Waals surface area contributed by atoms with Crippen molar-refractivity contribution >= 4 is 33.6 Å². The lowest BCUT2D eigenvalue weighted by molar-refractivity contribution is 0.651. The number of halogens is 1. The average Bonchev–Trinajstić information content (AvgIpc) is 3.06. The number of aromatic nitrogens is 3. The lowest BCUT2D eigenvalue weighted by atomic mass is 10.2. The molecule has 4 nitrogen and oxygen atoms in total. The molecule has 0 bridgehead atoms. The molecule has 2 heterocycles. The molecule has 0 atom stereocenters. The van der Waals surface area contributed by atoms with E-state index in [-0.39, 0.29) is 0 Å². The molecule has 1 saturated heterocycles.